The van der Waals surface area contributed by atoms with Gasteiger partial charge < -0.3 is 14.7 Å². The molecular formula is C13H22N2O5. The summed E-state index contributed by atoms with van der Waals surface area (Å²) in [6, 6.07) is -0.434. The van der Waals surface area contributed by atoms with Crippen molar-refractivity contribution < 1.29 is 24.2 Å². The van der Waals surface area contributed by atoms with Crippen molar-refractivity contribution >= 4 is 17.9 Å². The van der Waals surface area contributed by atoms with Gasteiger partial charge in [0.25, 0.3) is 5.91 Å². The molecular weight excluding hydrogens is 264 g/mol. The van der Waals surface area contributed by atoms with Gasteiger partial charge in [0.1, 0.15) is 13.2 Å². The molecule has 1 aliphatic heterocycles. The maximum Gasteiger partial charge on any atom is 0.329 e. The zero-order chi connectivity index (χ0) is 15.1. The Morgan fingerprint density at radius 1 is 1.25 bits per heavy atom. The average Bonchev–Trinajstić information content (AvgIpc) is 2.38. The number of urea groups is 1. The van der Waals surface area contributed by atoms with Crippen LogP contribution >= 0.6 is 0 Å². The minimum absolute atomic E-state index is 0.430. The lowest BCUT2D eigenvalue weighted by molar-refractivity contribution is -0.143. The van der Waals surface area contributed by atoms with E-state index in [-0.39, 0.29) is 0 Å². The second-order valence-electron chi connectivity index (χ2n) is 5.31. The average molecular weight is 286 g/mol. The molecule has 0 bridgehead atoms. The van der Waals surface area contributed by atoms with Crippen LogP contribution in [-0.4, -0.2) is 54.2 Å². The van der Waals surface area contributed by atoms with Crippen LogP contribution in [0.1, 0.15) is 26.7 Å². The molecule has 0 atom stereocenters. The number of ether oxygens (including phenoxy) is 1. The minimum Gasteiger partial charge on any atom is -0.480 e. The van der Waals surface area contributed by atoms with Crippen molar-refractivity contribution in [2.75, 3.05) is 26.3 Å². The molecule has 7 heteroatoms. The maximum atomic E-state index is 11.8. The van der Waals surface area contributed by atoms with Crippen LogP contribution < -0.4 is 5.32 Å². The fourth-order valence-electron chi connectivity index (χ4n) is 2.23. The van der Waals surface area contributed by atoms with E-state index < -0.39 is 31.1 Å². The Hall–Kier alpha value is -1.63. The first-order valence-corrected chi connectivity index (χ1v) is 6.78. The SMILES string of the molecule is CC(C)C1CCN(C(=O)NC(=O)COCC(=O)O)CC1. The molecule has 114 valence electrons. The van der Waals surface area contributed by atoms with E-state index in [9.17, 15) is 14.4 Å². The smallest absolute Gasteiger partial charge is 0.329 e. The van der Waals surface area contributed by atoms with Gasteiger partial charge in [0.15, 0.2) is 0 Å². The van der Waals surface area contributed by atoms with Gasteiger partial charge >= 0.3 is 12.0 Å². The predicted octanol–water partition coefficient (Wildman–Crippen LogP) is 0.692. The van der Waals surface area contributed by atoms with E-state index in [1.807, 2.05) is 0 Å². The molecule has 1 aliphatic rings. The normalized spacial score (nSPS) is 16.2. The molecule has 0 radical (unpaired) electrons. The summed E-state index contributed by atoms with van der Waals surface area (Å²) in [4.78, 5) is 35.0. The number of likely N-dealkylation sites (tertiary alicyclic amines) is 1. The summed E-state index contributed by atoms with van der Waals surface area (Å²) in [5.41, 5.74) is 0. The second-order valence-corrected chi connectivity index (χ2v) is 5.31. The molecule has 3 amide bonds. The number of aliphatic carboxylic acids is 1. The first-order chi connectivity index (χ1) is 9.40. The van der Waals surface area contributed by atoms with E-state index in [1.54, 1.807) is 4.90 Å². The molecule has 1 saturated heterocycles. The van der Waals surface area contributed by atoms with E-state index in [0.717, 1.165) is 12.8 Å². The zero-order valence-electron chi connectivity index (χ0n) is 11.9. The number of hydrogen-bond donors (Lipinski definition) is 2. The van der Waals surface area contributed by atoms with E-state index in [4.69, 9.17) is 5.11 Å². The van der Waals surface area contributed by atoms with Crippen molar-refractivity contribution in [2.24, 2.45) is 11.8 Å². The largest absolute Gasteiger partial charge is 0.480 e. The van der Waals surface area contributed by atoms with E-state index in [1.165, 1.54) is 0 Å². The molecule has 7 nitrogen and oxygen atoms in total. The first-order valence-electron chi connectivity index (χ1n) is 6.78. The number of carbonyl (C=O) groups is 3. The van der Waals surface area contributed by atoms with Crippen molar-refractivity contribution in [3.05, 3.63) is 0 Å². The highest BCUT2D eigenvalue weighted by atomic mass is 16.5. The van der Waals surface area contributed by atoms with Crippen LogP contribution in [0.4, 0.5) is 4.79 Å². The Morgan fingerprint density at radius 3 is 2.35 bits per heavy atom. The molecule has 0 aromatic rings. The Kier molecular flexibility index (Phi) is 6.44. The third kappa shape index (κ3) is 5.56. The molecule has 1 fully saturated rings. The highest BCUT2D eigenvalue weighted by Crippen LogP contribution is 2.24. The standard InChI is InChI=1S/C13H22N2O5/c1-9(2)10-3-5-15(6-4-10)13(19)14-11(16)7-20-8-12(17)18/h9-10H,3-8H2,1-2H3,(H,17,18)(H,14,16,19). The number of carbonyl (C=O) groups excluding carboxylic acids is 2. The number of hydrogen-bond acceptors (Lipinski definition) is 4. The lowest BCUT2D eigenvalue weighted by Gasteiger charge is -2.33. The van der Waals surface area contributed by atoms with Crippen LogP contribution in [0.3, 0.4) is 0 Å². The molecule has 0 aromatic heterocycles. The summed E-state index contributed by atoms with van der Waals surface area (Å²) in [5.74, 6) is -0.554. The van der Waals surface area contributed by atoms with Gasteiger partial charge in [-0.3, -0.25) is 10.1 Å². The zero-order valence-corrected chi connectivity index (χ0v) is 11.9. The number of piperidine rings is 1. The lowest BCUT2D eigenvalue weighted by Crippen LogP contribution is -2.47. The predicted molar refractivity (Wildman–Crippen MR) is 71.1 cm³/mol. The van der Waals surface area contributed by atoms with E-state index in [0.29, 0.717) is 24.9 Å². The van der Waals surface area contributed by atoms with Crippen LogP contribution in [0.15, 0.2) is 0 Å². The monoisotopic (exact) mass is 286 g/mol. The minimum atomic E-state index is -1.15. The van der Waals surface area contributed by atoms with Gasteiger partial charge in [-0.1, -0.05) is 13.8 Å². The molecule has 0 aromatic carbocycles. The summed E-state index contributed by atoms with van der Waals surface area (Å²) in [7, 11) is 0. The maximum absolute atomic E-state index is 11.8. The fraction of sp³-hybridized carbons (Fsp3) is 0.769. The molecule has 0 saturated carbocycles. The Morgan fingerprint density at radius 2 is 1.85 bits per heavy atom. The Bertz CT molecular complexity index is 362. The van der Waals surface area contributed by atoms with Crippen molar-refractivity contribution in [3.8, 4) is 0 Å². The van der Waals surface area contributed by atoms with E-state index >= 15 is 0 Å². The summed E-state index contributed by atoms with van der Waals surface area (Å²) in [5, 5.41) is 10.5. The third-order valence-electron chi connectivity index (χ3n) is 3.47. The molecule has 0 aliphatic carbocycles. The highest BCUT2D eigenvalue weighted by molar-refractivity contribution is 5.95. The van der Waals surface area contributed by atoms with Gasteiger partial charge in [0, 0.05) is 13.1 Å². The number of rotatable bonds is 5. The second kappa shape index (κ2) is 7.84. The van der Waals surface area contributed by atoms with Crippen LogP contribution in [0, 0.1) is 11.8 Å². The molecule has 0 spiro atoms. The third-order valence-corrected chi connectivity index (χ3v) is 3.47. The summed E-state index contributed by atoms with van der Waals surface area (Å²) in [6.07, 6.45) is 1.88. The highest BCUT2D eigenvalue weighted by Gasteiger charge is 2.25. The van der Waals surface area contributed by atoms with Gasteiger partial charge in [0.05, 0.1) is 0 Å². The topological polar surface area (TPSA) is 95.9 Å². The van der Waals surface area contributed by atoms with Gasteiger partial charge in [-0.2, -0.15) is 0 Å². The molecule has 2 N–H and O–H groups in total. The Labute approximate surface area is 118 Å². The molecule has 1 rings (SSSR count). The van der Waals surface area contributed by atoms with Crippen LogP contribution in [0.5, 0.6) is 0 Å². The summed E-state index contributed by atoms with van der Waals surface area (Å²) < 4.78 is 4.61. The van der Waals surface area contributed by atoms with Crippen LogP contribution in [0.25, 0.3) is 0 Å². The summed E-state index contributed by atoms with van der Waals surface area (Å²) in [6.45, 7) is 4.63. The number of carboxylic acid groups (broad SMARTS) is 1. The fourth-order valence-corrected chi connectivity index (χ4v) is 2.23. The van der Waals surface area contributed by atoms with Crippen LogP contribution in [0.2, 0.25) is 0 Å². The Balaban J connectivity index is 2.26. The van der Waals surface area contributed by atoms with Gasteiger partial charge in [-0.25, -0.2) is 9.59 Å². The molecule has 1 heterocycles. The number of nitrogens with one attached hydrogen (secondary N) is 1. The van der Waals surface area contributed by atoms with Crippen molar-refractivity contribution in [2.45, 2.75) is 26.7 Å². The van der Waals surface area contributed by atoms with Gasteiger partial charge in [0.2, 0.25) is 0 Å². The van der Waals surface area contributed by atoms with Gasteiger partial charge in [-0.15, -0.1) is 0 Å². The van der Waals surface area contributed by atoms with Crippen LogP contribution in [-0.2, 0) is 14.3 Å². The molecule has 0 unspecified atom stereocenters. The van der Waals surface area contributed by atoms with Crippen molar-refractivity contribution in [3.63, 3.8) is 0 Å². The van der Waals surface area contributed by atoms with Gasteiger partial charge in [-0.05, 0) is 24.7 Å². The molecule has 20 heavy (non-hydrogen) atoms. The number of nitrogens with zero attached hydrogens (tertiary/aromatic N) is 1. The quantitative estimate of drug-likeness (QED) is 0.775. The lowest BCUT2D eigenvalue weighted by atomic mass is 9.87. The van der Waals surface area contributed by atoms with Crippen molar-refractivity contribution in [1.29, 1.82) is 0 Å². The number of imide groups is 1. The number of carboxylic acids is 1. The van der Waals surface area contributed by atoms with Crippen molar-refractivity contribution in [1.82, 2.24) is 10.2 Å². The number of amides is 3. The first kappa shape index (κ1) is 16.4. The van der Waals surface area contributed by atoms with E-state index in [2.05, 4.69) is 23.9 Å². The summed E-state index contributed by atoms with van der Waals surface area (Å²) >= 11 is 0.